The molecular weight excluding hydrogens is 320 g/mol. The summed E-state index contributed by atoms with van der Waals surface area (Å²) in [6, 6.07) is 5.72. The van der Waals surface area contributed by atoms with E-state index >= 15 is 0 Å². The molecule has 0 atom stereocenters. The van der Waals surface area contributed by atoms with Crippen LogP contribution >= 0.6 is 15.9 Å². The Bertz CT molecular complexity index is 735. The number of Topliss-reactive ketones (excluding diaryl/α,β-unsaturated/α-hetero) is 1. The van der Waals surface area contributed by atoms with Crippen molar-refractivity contribution in [3.63, 3.8) is 0 Å². The number of aromatic nitrogens is 2. The minimum Gasteiger partial charge on any atom is -0.292 e. The van der Waals surface area contributed by atoms with Gasteiger partial charge in [0.1, 0.15) is 4.47 Å². The van der Waals surface area contributed by atoms with Crippen molar-refractivity contribution in [2.24, 2.45) is 0 Å². The number of carbonyl (C=O) groups excluding carboxylic acids is 1. The molecule has 1 aromatic heterocycles. The van der Waals surface area contributed by atoms with Crippen molar-refractivity contribution < 1.29 is 4.79 Å². The van der Waals surface area contributed by atoms with Gasteiger partial charge in [0.15, 0.2) is 5.78 Å². The normalized spacial score (nSPS) is 10.6. The minimum atomic E-state index is -0.240. The summed E-state index contributed by atoms with van der Waals surface area (Å²) in [6.45, 7) is 5.56. The molecule has 0 fully saturated rings. The number of benzene rings is 1. The van der Waals surface area contributed by atoms with E-state index in [1.165, 1.54) is 10.9 Å². The number of hydrogen-bond acceptors (Lipinski definition) is 3. The maximum atomic E-state index is 12.3. The van der Waals surface area contributed by atoms with Gasteiger partial charge < -0.3 is 0 Å². The SMILES string of the molecule is Cc1ccc(C)c(C(=O)Cn2cnc(C)c(Br)c2=O)c1. The standard InChI is InChI=1S/C15H15BrN2O2/c1-9-4-5-10(2)12(6-9)13(19)7-18-8-17-11(3)14(16)15(18)20/h4-6,8H,7H2,1-3H3. The molecule has 5 heteroatoms. The van der Waals surface area contributed by atoms with E-state index in [-0.39, 0.29) is 17.9 Å². The number of rotatable bonds is 3. The average molecular weight is 335 g/mol. The van der Waals surface area contributed by atoms with E-state index in [0.29, 0.717) is 15.7 Å². The van der Waals surface area contributed by atoms with Crippen LogP contribution in [0.5, 0.6) is 0 Å². The Morgan fingerprint density at radius 3 is 2.70 bits per heavy atom. The average Bonchev–Trinajstić information content (AvgIpc) is 2.42. The van der Waals surface area contributed by atoms with Crippen molar-refractivity contribution in [3.8, 4) is 0 Å². The van der Waals surface area contributed by atoms with Crippen LogP contribution in [0.3, 0.4) is 0 Å². The highest BCUT2D eigenvalue weighted by molar-refractivity contribution is 9.10. The maximum Gasteiger partial charge on any atom is 0.268 e. The van der Waals surface area contributed by atoms with Crippen molar-refractivity contribution in [1.29, 1.82) is 0 Å². The van der Waals surface area contributed by atoms with Crippen molar-refractivity contribution >= 4 is 21.7 Å². The van der Waals surface area contributed by atoms with E-state index < -0.39 is 0 Å². The van der Waals surface area contributed by atoms with Gasteiger partial charge in [-0.2, -0.15) is 0 Å². The number of hydrogen-bond donors (Lipinski definition) is 0. The topological polar surface area (TPSA) is 52.0 Å². The molecule has 0 amide bonds. The van der Waals surface area contributed by atoms with Gasteiger partial charge >= 0.3 is 0 Å². The fourth-order valence-corrected chi connectivity index (χ4v) is 2.27. The highest BCUT2D eigenvalue weighted by Crippen LogP contribution is 2.12. The number of ketones is 1. The summed E-state index contributed by atoms with van der Waals surface area (Å²) < 4.78 is 1.72. The number of carbonyl (C=O) groups is 1. The fourth-order valence-electron chi connectivity index (χ4n) is 1.94. The zero-order valence-electron chi connectivity index (χ0n) is 11.6. The number of aryl methyl sites for hydroxylation is 3. The summed E-state index contributed by atoms with van der Waals surface area (Å²) >= 11 is 3.20. The number of nitrogens with zero attached hydrogens (tertiary/aromatic N) is 2. The van der Waals surface area contributed by atoms with Crippen LogP contribution in [0.25, 0.3) is 0 Å². The Labute approximate surface area is 125 Å². The first-order valence-electron chi connectivity index (χ1n) is 6.22. The van der Waals surface area contributed by atoms with Crippen molar-refractivity contribution in [3.05, 3.63) is 61.7 Å². The van der Waals surface area contributed by atoms with Crippen LogP contribution in [0.15, 0.2) is 33.8 Å². The molecule has 0 saturated carbocycles. The first-order valence-corrected chi connectivity index (χ1v) is 7.01. The van der Waals surface area contributed by atoms with Gasteiger partial charge in [0.2, 0.25) is 0 Å². The van der Waals surface area contributed by atoms with Crippen LogP contribution in [-0.4, -0.2) is 15.3 Å². The Balaban J connectivity index is 2.35. The molecular formula is C15H15BrN2O2. The van der Waals surface area contributed by atoms with Gasteiger partial charge in [-0.25, -0.2) is 4.98 Å². The van der Waals surface area contributed by atoms with Gasteiger partial charge in [-0.15, -0.1) is 0 Å². The van der Waals surface area contributed by atoms with Crippen LogP contribution in [0.1, 0.15) is 27.2 Å². The Morgan fingerprint density at radius 2 is 2.00 bits per heavy atom. The van der Waals surface area contributed by atoms with Crippen LogP contribution in [0.2, 0.25) is 0 Å². The lowest BCUT2D eigenvalue weighted by atomic mass is 10.0. The minimum absolute atomic E-state index is 0.00495. The monoisotopic (exact) mass is 334 g/mol. The zero-order valence-corrected chi connectivity index (χ0v) is 13.2. The molecule has 104 valence electrons. The smallest absolute Gasteiger partial charge is 0.268 e. The second-order valence-electron chi connectivity index (χ2n) is 4.82. The fraction of sp³-hybridized carbons (Fsp3) is 0.267. The zero-order chi connectivity index (χ0) is 14.9. The second kappa shape index (κ2) is 5.71. The molecule has 0 aliphatic rings. The molecule has 2 rings (SSSR count). The van der Waals surface area contributed by atoms with E-state index in [1.54, 1.807) is 6.92 Å². The summed E-state index contributed by atoms with van der Waals surface area (Å²) in [5.74, 6) is -0.0918. The summed E-state index contributed by atoms with van der Waals surface area (Å²) in [7, 11) is 0. The van der Waals surface area contributed by atoms with Crippen molar-refractivity contribution in [2.45, 2.75) is 27.3 Å². The van der Waals surface area contributed by atoms with E-state index in [0.717, 1.165) is 11.1 Å². The van der Waals surface area contributed by atoms with E-state index in [2.05, 4.69) is 20.9 Å². The van der Waals surface area contributed by atoms with Gasteiger partial charge in [0.05, 0.1) is 18.6 Å². The molecule has 1 heterocycles. The predicted molar refractivity (Wildman–Crippen MR) is 81.2 cm³/mol. The first-order chi connectivity index (χ1) is 9.40. The third kappa shape index (κ3) is 2.88. The molecule has 2 aromatic rings. The Hall–Kier alpha value is -1.75. The van der Waals surface area contributed by atoms with Crippen LogP contribution in [0, 0.1) is 20.8 Å². The lowest BCUT2D eigenvalue weighted by Gasteiger charge is -2.09. The Kier molecular flexibility index (Phi) is 4.18. The van der Waals surface area contributed by atoms with E-state index in [1.807, 2.05) is 32.0 Å². The molecule has 20 heavy (non-hydrogen) atoms. The predicted octanol–water partition coefficient (Wildman–Crippen LogP) is 2.81. The lowest BCUT2D eigenvalue weighted by Crippen LogP contribution is -2.26. The van der Waals surface area contributed by atoms with Crippen LogP contribution < -0.4 is 5.56 Å². The van der Waals surface area contributed by atoms with Gasteiger partial charge in [-0.1, -0.05) is 17.7 Å². The highest BCUT2D eigenvalue weighted by Gasteiger charge is 2.13. The van der Waals surface area contributed by atoms with E-state index in [4.69, 9.17) is 0 Å². The Morgan fingerprint density at radius 1 is 1.30 bits per heavy atom. The molecule has 0 unspecified atom stereocenters. The van der Waals surface area contributed by atoms with Crippen LogP contribution in [0.4, 0.5) is 0 Å². The summed E-state index contributed by atoms with van der Waals surface area (Å²) in [4.78, 5) is 28.5. The van der Waals surface area contributed by atoms with Crippen molar-refractivity contribution in [2.75, 3.05) is 0 Å². The van der Waals surface area contributed by atoms with Crippen molar-refractivity contribution in [1.82, 2.24) is 9.55 Å². The highest BCUT2D eigenvalue weighted by atomic mass is 79.9. The van der Waals surface area contributed by atoms with Gasteiger partial charge in [-0.05, 0) is 48.3 Å². The molecule has 1 aromatic carbocycles. The number of halogens is 1. The lowest BCUT2D eigenvalue weighted by molar-refractivity contribution is 0.0969. The van der Waals surface area contributed by atoms with Gasteiger partial charge in [-0.3, -0.25) is 14.2 Å². The third-order valence-corrected chi connectivity index (χ3v) is 4.08. The summed E-state index contributed by atoms with van der Waals surface area (Å²) in [6.07, 6.45) is 1.41. The molecule has 0 bridgehead atoms. The molecule has 0 aliphatic carbocycles. The third-order valence-electron chi connectivity index (χ3n) is 3.16. The summed E-state index contributed by atoms with van der Waals surface area (Å²) in [5.41, 5.74) is 2.96. The van der Waals surface area contributed by atoms with Crippen LogP contribution in [-0.2, 0) is 6.54 Å². The molecule has 0 saturated heterocycles. The molecule has 0 radical (unpaired) electrons. The second-order valence-corrected chi connectivity index (χ2v) is 5.61. The largest absolute Gasteiger partial charge is 0.292 e. The van der Waals surface area contributed by atoms with Gasteiger partial charge in [0, 0.05) is 5.56 Å². The van der Waals surface area contributed by atoms with Gasteiger partial charge in [0.25, 0.3) is 5.56 Å². The molecule has 0 N–H and O–H groups in total. The molecule has 0 spiro atoms. The molecule has 4 nitrogen and oxygen atoms in total. The first kappa shape index (κ1) is 14.7. The maximum absolute atomic E-state index is 12.3. The quantitative estimate of drug-likeness (QED) is 0.811. The van der Waals surface area contributed by atoms with E-state index in [9.17, 15) is 9.59 Å². The summed E-state index contributed by atoms with van der Waals surface area (Å²) in [5, 5.41) is 0. The molecule has 0 aliphatic heterocycles.